The summed E-state index contributed by atoms with van der Waals surface area (Å²) in [6.07, 6.45) is 5.34. The Bertz CT molecular complexity index is 986. The molecule has 0 aliphatic rings. The van der Waals surface area contributed by atoms with E-state index in [9.17, 15) is 4.79 Å². The summed E-state index contributed by atoms with van der Waals surface area (Å²) in [5.41, 5.74) is 8.47. The van der Waals surface area contributed by atoms with Gasteiger partial charge in [0.2, 0.25) is 0 Å². The molecule has 0 heterocycles. The summed E-state index contributed by atoms with van der Waals surface area (Å²) in [5.74, 6) is 0.169. The van der Waals surface area contributed by atoms with Gasteiger partial charge < -0.3 is 4.74 Å². The van der Waals surface area contributed by atoms with E-state index in [4.69, 9.17) is 4.74 Å². The number of hydrogen-bond donors (Lipinski definition) is 0. The Balaban J connectivity index is 1.65. The highest BCUT2D eigenvalue weighted by atomic mass is 16.5. The fourth-order valence-electron chi connectivity index (χ4n) is 3.64. The van der Waals surface area contributed by atoms with Gasteiger partial charge in [0.15, 0.2) is 0 Å². The number of ether oxygens (including phenoxy) is 1. The largest absolute Gasteiger partial charge is 0.423 e. The minimum Gasteiger partial charge on any atom is -0.423 e. The molecule has 148 valence electrons. The molecular formula is C27H28O2. The Labute approximate surface area is 173 Å². The maximum absolute atomic E-state index is 12.2. The van der Waals surface area contributed by atoms with Crippen LogP contribution in [0, 0.1) is 13.8 Å². The van der Waals surface area contributed by atoms with Crippen LogP contribution in [0.15, 0.2) is 66.7 Å². The number of carbonyl (C=O) groups is 1. The van der Waals surface area contributed by atoms with Gasteiger partial charge in [0.25, 0.3) is 0 Å². The first kappa shape index (κ1) is 20.6. The highest BCUT2D eigenvalue weighted by Crippen LogP contribution is 2.23. The smallest absolute Gasteiger partial charge is 0.336 e. The van der Waals surface area contributed by atoms with E-state index in [0.29, 0.717) is 5.75 Å². The molecule has 0 amide bonds. The van der Waals surface area contributed by atoms with Crippen molar-refractivity contribution in [1.29, 1.82) is 0 Å². The van der Waals surface area contributed by atoms with E-state index in [-0.39, 0.29) is 5.97 Å². The minimum atomic E-state index is -0.375. The topological polar surface area (TPSA) is 26.3 Å². The number of rotatable bonds is 6. The van der Waals surface area contributed by atoms with E-state index >= 15 is 0 Å². The molecule has 0 atom stereocenters. The van der Waals surface area contributed by atoms with Crippen molar-refractivity contribution in [2.45, 2.75) is 40.5 Å². The highest BCUT2D eigenvalue weighted by molar-refractivity contribution is 5.88. The van der Waals surface area contributed by atoms with Gasteiger partial charge in [0.1, 0.15) is 5.75 Å². The molecule has 0 N–H and O–H groups in total. The molecule has 3 rings (SSSR count). The first-order valence-electron chi connectivity index (χ1n) is 10.2. The zero-order valence-corrected chi connectivity index (χ0v) is 17.7. The van der Waals surface area contributed by atoms with E-state index in [1.165, 1.54) is 28.3 Å². The van der Waals surface area contributed by atoms with Crippen LogP contribution in [-0.4, -0.2) is 5.97 Å². The van der Waals surface area contributed by atoms with Crippen LogP contribution < -0.4 is 4.74 Å². The molecule has 0 bridgehead atoms. The molecule has 0 fully saturated rings. The Morgan fingerprint density at radius 2 is 1.38 bits per heavy atom. The van der Waals surface area contributed by atoms with Crippen molar-refractivity contribution >= 4 is 12.0 Å². The first-order chi connectivity index (χ1) is 14.0. The molecule has 0 aliphatic heterocycles. The van der Waals surface area contributed by atoms with E-state index in [2.05, 4.69) is 64.1 Å². The second-order valence-electron chi connectivity index (χ2n) is 7.32. The van der Waals surface area contributed by atoms with Crippen LogP contribution >= 0.6 is 0 Å². The normalized spacial score (nSPS) is 11.0. The molecule has 2 nitrogen and oxygen atoms in total. The molecule has 0 saturated heterocycles. The third-order valence-electron chi connectivity index (χ3n) is 5.25. The van der Waals surface area contributed by atoms with Crippen molar-refractivity contribution in [1.82, 2.24) is 0 Å². The molecule has 0 saturated carbocycles. The van der Waals surface area contributed by atoms with Crippen LogP contribution in [0.4, 0.5) is 0 Å². The van der Waals surface area contributed by atoms with Crippen molar-refractivity contribution in [3.63, 3.8) is 0 Å². The third-order valence-corrected chi connectivity index (χ3v) is 5.25. The molecule has 29 heavy (non-hydrogen) atoms. The van der Waals surface area contributed by atoms with Gasteiger partial charge in [0.05, 0.1) is 0 Å². The maximum Gasteiger partial charge on any atom is 0.336 e. The van der Waals surface area contributed by atoms with Gasteiger partial charge in [-0.05, 0) is 83.8 Å². The van der Waals surface area contributed by atoms with E-state index in [1.54, 1.807) is 0 Å². The van der Waals surface area contributed by atoms with Crippen molar-refractivity contribution in [3.8, 4) is 16.9 Å². The molecule has 0 spiro atoms. The van der Waals surface area contributed by atoms with Gasteiger partial charge in [-0.1, -0.05) is 62.4 Å². The fourth-order valence-corrected chi connectivity index (χ4v) is 3.64. The zero-order chi connectivity index (χ0) is 20.8. The van der Waals surface area contributed by atoms with Gasteiger partial charge in [0, 0.05) is 6.08 Å². The van der Waals surface area contributed by atoms with Gasteiger partial charge in [-0.2, -0.15) is 0 Å². The molecule has 3 aromatic rings. The third kappa shape index (κ3) is 5.23. The van der Waals surface area contributed by atoms with Crippen molar-refractivity contribution < 1.29 is 9.53 Å². The SMILES string of the molecule is CCc1ccc(-c2ccc(OC(=O)/C=C/c3cc(C)c(CC)c(C)c3)cc2)cc1. The number of esters is 1. The summed E-state index contributed by atoms with van der Waals surface area (Å²) in [7, 11) is 0. The lowest BCUT2D eigenvalue weighted by molar-refractivity contribution is -0.128. The Morgan fingerprint density at radius 1 is 0.828 bits per heavy atom. The first-order valence-corrected chi connectivity index (χ1v) is 10.2. The number of benzene rings is 3. The van der Waals surface area contributed by atoms with Gasteiger partial charge >= 0.3 is 5.97 Å². The van der Waals surface area contributed by atoms with Crippen LogP contribution in [0.1, 0.15) is 41.7 Å². The summed E-state index contributed by atoms with van der Waals surface area (Å²) >= 11 is 0. The predicted molar refractivity (Wildman–Crippen MR) is 121 cm³/mol. The van der Waals surface area contributed by atoms with Gasteiger partial charge in [-0.15, -0.1) is 0 Å². The summed E-state index contributed by atoms with van der Waals surface area (Å²) in [6, 6.07) is 20.4. The fraction of sp³-hybridized carbons (Fsp3) is 0.222. The van der Waals surface area contributed by atoms with Crippen molar-refractivity contribution in [3.05, 3.63) is 94.6 Å². The molecule has 0 radical (unpaired) electrons. The number of hydrogen-bond acceptors (Lipinski definition) is 2. The number of carbonyl (C=O) groups excluding carboxylic acids is 1. The molecular weight excluding hydrogens is 356 g/mol. The highest BCUT2D eigenvalue weighted by Gasteiger charge is 2.05. The summed E-state index contributed by atoms with van der Waals surface area (Å²) < 4.78 is 5.44. The number of aryl methyl sites for hydroxylation is 3. The van der Waals surface area contributed by atoms with Crippen molar-refractivity contribution in [2.24, 2.45) is 0 Å². The standard InChI is InChI=1S/C27H28O2/c1-5-21-7-10-23(11-8-21)24-12-14-25(15-13-24)29-27(28)16-9-22-17-19(3)26(6-2)20(4)18-22/h7-18H,5-6H2,1-4H3/b16-9+. The lowest BCUT2D eigenvalue weighted by Crippen LogP contribution is -2.03. The van der Waals surface area contributed by atoms with E-state index in [1.807, 2.05) is 30.3 Å². The van der Waals surface area contributed by atoms with E-state index in [0.717, 1.165) is 29.5 Å². The summed E-state index contributed by atoms with van der Waals surface area (Å²) in [6.45, 7) is 8.53. The zero-order valence-electron chi connectivity index (χ0n) is 17.7. The molecule has 0 aliphatic carbocycles. The Morgan fingerprint density at radius 3 is 1.90 bits per heavy atom. The minimum absolute atomic E-state index is 0.375. The summed E-state index contributed by atoms with van der Waals surface area (Å²) in [4.78, 5) is 12.2. The molecule has 2 heteroatoms. The average Bonchev–Trinajstić information content (AvgIpc) is 2.73. The Kier molecular flexibility index (Phi) is 6.66. The monoisotopic (exact) mass is 384 g/mol. The lowest BCUT2D eigenvalue weighted by Gasteiger charge is -2.09. The lowest BCUT2D eigenvalue weighted by atomic mass is 9.97. The molecule has 0 aromatic heterocycles. The Hall–Kier alpha value is -3.13. The maximum atomic E-state index is 12.2. The van der Waals surface area contributed by atoms with Crippen LogP contribution in [-0.2, 0) is 17.6 Å². The van der Waals surface area contributed by atoms with Gasteiger partial charge in [-0.25, -0.2) is 4.79 Å². The summed E-state index contributed by atoms with van der Waals surface area (Å²) in [5, 5.41) is 0. The predicted octanol–water partition coefficient (Wildman–Crippen LogP) is 6.71. The second-order valence-corrected chi connectivity index (χ2v) is 7.32. The van der Waals surface area contributed by atoms with E-state index < -0.39 is 0 Å². The van der Waals surface area contributed by atoms with Crippen LogP contribution in [0.3, 0.4) is 0 Å². The van der Waals surface area contributed by atoms with Crippen LogP contribution in [0.2, 0.25) is 0 Å². The van der Waals surface area contributed by atoms with Crippen molar-refractivity contribution in [2.75, 3.05) is 0 Å². The van der Waals surface area contributed by atoms with Gasteiger partial charge in [-0.3, -0.25) is 0 Å². The second kappa shape index (κ2) is 9.38. The van der Waals surface area contributed by atoms with Crippen LogP contribution in [0.5, 0.6) is 5.75 Å². The van der Waals surface area contributed by atoms with Crippen LogP contribution in [0.25, 0.3) is 17.2 Å². The molecule has 0 unspecified atom stereocenters. The molecule has 3 aromatic carbocycles. The average molecular weight is 385 g/mol. The quantitative estimate of drug-likeness (QED) is 0.268.